The van der Waals surface area contributed by atoms with Crippen LogP contribution in [0.15, 0.2) is 35.2 Å². The zero-order valence-corrected chi connectivity index (χ0v) is 22.2. The summed E-state index contributed by atoms with van der Waals surface area (Å²) < 4.78 is 0. The number of aryl methyl sites for hydroxylation is 4. The first-order chi connectivity index (χ1) is 16.2. The Bertz CT molecular complexity index is 1130. The van der Waals surface area contributed by atoms with Crippen molar-refractivity contribution < 1.29 is 0 Å². The van der Waals surface area contributed by atoms with Gasteiger partial charge >= 0.3 is 0 Å². The topological polar surface area (TPSA) is 0 Å². The molecule has 0 bridgehead atoms. The summed E-state index contributed by atoms with van der Waals surface area (Å²) in [6, 6.07) is 12.3. The fourth-order valence-electron chi connectivity index (χ4n) is 5.70. The molecule has 0 amide bonds. The minimum absolute atomic E-state index is 1.13. The predicted octanol–water partition coefficient (Wildman–Crippen LogP) is 10.2. The normalized spacial score (nSPS) is 12.0. The van der Waals surface area contributed by atoms with Crippen molar-refractivity contribution in [2.24, 2.45) is 0 Å². The molecule has 0 unspecified atom stereocenters. The third-order valence-corrected chi connectivity index (χ3v) is 8.12. The lowest BCUT2D eigenvalue weighted by atomic mass is 9.83. The first kappa shape index (κ1) is 24.4. The van der Waals surface area contributed by atoms with E-state index in [-0.39, 0.29) is 0 Å². The van der Waals surface area contributed by atoms with Crippen molar-refractivity contribution in [2.45, 2.75) is 110 Å². The van der Waals surface area contributed by atoms with Crippen LogP contribution in [0.1, 0.15) is 101 Å². The molecule has 4 aromatic rings. The van der Waals surface area contributed by atoms with Crippen LogP contribution in [-0.4, -0.2) is 0 Å². The molecule has 0 fully saturated rings. The van der Waals surface area contributed by atoms with Gasteiger partial charge in [0.25, 0.3) is 0 Å². The number of benzene rings is 4. The van der Waals surface area contributed by atoms with Gasteiger partial charge in [0.05, 0.1) is 0 Å². The van der Waals surface area contributed by atoms with Crippen molar-refractivity contribution in [1.82, 2.24) is 0 Å². The summed E-state index contributed by atoms with van der Waals surface area (Å²) in [6.07, 6.45) is 14.6. The summed E-state index contributed by atoms with van der Waals surface area (Å²) in [5, 5.41) is 8.95. The second kappa shape index (κ2) is 11.1. The van der Waals surface area contributed by atoms with Crippen LogP contribution >= 0.6 is 12.6 Å². The molecule has 0 aromatic heterocycles. The third kappa shape index (κ3) is 4.63. The van der Waals surface area contributed by atoms with E-state index in [1.807, 2.05) is 0 Å². The highest BCUT2D eigenvalue weighted by Crippen LogP contribution is 2.44. The van der Waals surface area contributed by atoms with E-state index >= 15 is 0 Å². The van der Waals surface area contributed by atoms with Crippen molar-refractivity contribution in [3.8, 4) is 0 Å². The van der Waals surface area contributed by atoms with E-state index in [0.29, 0.717) is 0 Å². The first-order valence-corrected chi connectivity index (χ1v) is 14.1. The lowest BCUT2D eigenvalue weighted by Crippen LogP contribution is -2.01. The molecule has 0 spiro atoms. The molecule has 176 valence electrons. The van der Waals surface area contributed by atoms with E-state index in [2.05, 4.69) is 58.0 Å². The minimum Gasteiger partial charge on any atom is -0.143 e. The zero-order valence-electron chi connectivity index (χ0n) is 21.3. The highest BCUT2D eigenvalue weighted by atomic mass is 32.1. The molecule has 0 nitrogen and oxygen atoms in total. The lowest BCUT2D eigenvalue weighted by Gasteiger charge is -2.22. The van der Waals surface area contributed by atoms with Crippen LogP contribution in [0, 0.1) is 0 Å². The molecule has 0 saturated carbocycles. The SMILES string of the molecule is CCCCc1cc(CCCC)c2ccc3c(CCCC)c(S)c(CCCC)c4ccc1c2c43. The Labute approximate surface area is 206 Å². The van der Waals surface area contributed by atoms with Crippen molar-refractivity contribution >= 4 is 44.9 Å². The molecular formula is C32H42S. The standard InChI is InChI=1S/C32H42S/c1-5-9-13-22-21-23(14-10-6-2)25-18-20-27-29(16-12-8-4)32(33)28(15-11-7-3)26-19-17-24(22)30(25)31(26)27/h17-21,33H,5-16H2,1-4H3. The maximum atomic E-state index is 5.17. The molecule has 1 heteroatoms. The average molecular weight is 459 g/mol. The Morgan fingerprint density at radius 3 is 1.30 bits per heavy atom. The smallest absolute Gasteiger partial charge is 0.0117 e. The van der Waals surface area contributed by atoms with Gasteiger partial charge in [0.1, 0.15) is 0 Å². The van der Waals surface area contributed by atoms with Crippen LogP contribution in [0.25, 0.3) is 32.3 Å². The van der Waals surface area contributed by atoms with Crippen LogP contribution in [0.3, 0.4) is 0 Å². The fourth-order valence-corrected chi connectivity index (χ4v) is 6.16. The van der Waals surface area contributed by atoms with Crippen LogP contribution in [0.4, 0.5) is 0 Å². The second-order valence-corrected chi connectivity index (χ2v) is 10.4. The van der Waals surface area contributed by atoms with Gasteiger partial charge in [0.15, 0.2) is 0 Å². The summed E-state index contributed by atoms with van der Waals surface area (Å²) in [5.74, 6) is 0. The van der Waals surface area contributed by atoms with E-state index in [4.69, 9.17) is 12.6 Å². The van der Waals surface area contributed by atoms with Crippen molar-refractivity contribution in [1.29, 1.82) is 0 Å². The summed E-state index contributed by atoms with van der Waals surface area (Å²) in [4.78, 5) is 1.26. The molecular weight excluding hydrogens is 416 g/mol. The average Bonchev–Trinajstić information content (AvgIpc) is 2.84. The van der Waals surface area contributed by atoms with Gasteiger partial charge in [-0.25, -0.2) is 0 Å². The summed E-state index contributed by atoms with van der Waals surface area (Å²) in [5.41, 5.74) is 6.10. The molecule has 4 aromatic carbocycles. The quantitative estimate of drug-likeness (QED) is 0.158. The Hall–Kier alpha value is -1.73. The maximum Gasteiger partial charge on any atom is 0.0117 e. The van der Waals surface area contributed by atoms with Gasteiger partial charge in [-0.15, -0.1) is 12.6 Å². The van der Waals surface area contributed by atoms with E-state index in [9.17, 15) is 0 Å². The Morgan fingerprint density at radius 1 is 0.515 bits per heavy atom. The van der Waals surface area contributed by atoms with Gasteiger partial charge in [0, 0.05) is 4.90 Å². The molecule has 0 aliphatic rings. The molecule has 0 atom stereocenters. The van der Waals surface area contributed by atoms with Gasteiger partial charge < -0.3 is 0 Å². The lowest BCUT2D eigenvalue weighted by molar-refractivity contribution is 0.769. The molecule has 0 heterocycles. The van der Waals surface area contributed by atoms with Crippen LogP contribution in [-0.2, 0) is 25.7 Å². The Kier molecular flexibility index (Phi) is 8.23. The molecule has 4 rings (SSSR count). The summed E-state index contributed by atoms with van der Waals surface area (Å²) in [7, 11) is 0. The molecule has 33 heavy (non-hydrogen) atoms. The molecule has 0 radical (unpaired) electrons. The monoisotopic (exact) mass is 458 g/mol. The van der Waals surface area contributed by atoms with Gasteiger partial charge in [-0.05, 0) is 106 Å². The fraction of sp³-hybridized carbons (Fsp3) is 0.500. The van der Waals surface area contributed by atoms with Crippen molar-refractivity contribution in [2.75, 3.05) is 0 Å². The van der Waals surface area contributed by atoms with Gasteiger partial charge in [-0.1, -0.05) is 83.7 Å². The van der Waals surface area contributed by atoms with Crippen LogP contribution in [0.2, 0.25) is 0 Å². The highest BCUT2D eigenvalue weighted by Gasteiger charge is 2.20. The third-order valence-electron chi connectivity index (χ3n) is 7.58. The maximum absolute atomic E-state index is 5.17. The van der Waals surface area contributed by atoms with E-state index in [0.717, 1.165) is 12.8 Å². The molecule has 0 N–H and O–H groups in total. The van der Waals surface area contributed by atoms with Crippen LogP contribution in [0.5, 0.6) is 0 Å². The van der Waals surface area contributed by atoms with E-state index in [1.165, 1.54) is 113 Å². The minimum atomic E-state index is 1.13. The first-order valence-electron chi connectivity index (χ1n) is 13.6. The van der Waals surface area contributed by atoms with Crippen LogP contribution < -0.4 is 0 Å². The summed E-state index contributed by atoms with van der Waals surface area (Å²) >= 11 is 5.17. The number of hydrogen-bond donors (Lipinski definition) is 1. The Morgan fingerprint density at radius 2 is 0.879 bits per heavy atom. The largest absolute Gasteiger partial charge is 0.143 e. The number of thiol groups is 1. The predicted molar refractivity (Wildman–Crippen MR) is 152 cm³/mol. The number of rotatable bonds is 12. The Balaban J connectivity index is 2.10. The number of hydrogen-bond acceptors (Lipinski definition) is 1. The van der Waals surface area contributed by atoms with E-state index < -0.39 is 0 Å². The van der Waals surface area contributed by atoms with Crippen molar-refractivity contribution in [3.05, 3.63) is 52.6 Å². The van der Waals surface area contributed by atoms with Crippen molar-refractivity contribution in [3.63, 3.8) is 0 Å². The molecule has 0 aliphatic carbocycles. The highest BCUT2D eigenvalue weighted by molar-refractivity contribution is 7.80. The van der Waals surface area contributed by atoms with Gasteiger partial charge in [-0.2, -0.15) is 0 Å². The summed E-state index contributed by atoms with van der Waals surface area (Å²) in [6.45, 7) is 9.21. The van der Waals surface area contributed by atoms with E-state index in [1.54, 1.807) is 11.1 Å². The zero-order chi connectivity index (χ0) is 23.4. The second-order valence-electron chi connectivity index (χ2n) is 9.99. The molecule has 0 aliphatic heterocycles. The van der Waals surface area contributed by atoms with Gasteiger partial charge in [-0.3, -0.25) is 0 Å². The van der Waals surface area contributed by atoms with Gasteiger partial charge in [0.2, 0.25) is 0 Å². The molecule has 0 saturated heterocycles. The number of unbranched alkanes of at least 4 members (excludes halogenated alkanes) is 4.